The van der Waals surface area contributed by atoms with E-state index in [-0.39, 0.29) is 29.9 Å². The number of fused-ring (bicyclic) bond motifs is 1. The Morgan fingerprint density at radius 1 is 1.03 bits per heavy atom. The molecule has 7 nitrogen and oxygen atoms in total. The van der Waals surface area contributed by atoms with Crippen LogP contribution in [0.2, 0.25) is 0 Å². The summed E-state index contributed by atoms with van der Waals surface area (Å²) in [6.07, 6.45) is 5.18. The van der Waals surface area contributed by atoms with Crippen LogP contribution in [-0.2, 0) is 4.79 Å². The third-order valence-corrected chi connectivity index (χ3v) is 6.22. The number of carbonyl (C=O) groups is 2. The summed E-state index contributed by atoms with van der Waals surface area (Å²) in [5, 5.41) is 3.18. The van der Waals surface area contributed by atoms with Gasteiger partial charge >= 0.3 is 0 Å². The van der Waals surface area contributed by atoms with Gasteiger partial charge in [0.2, 0.25) is 5.91 Å². The van der Waals surface area contributed by atoms with Crippen LogP contribution in [0.3, 0.4) is 0 Å². The van der Waals surface area contributed by atoms with E-state index in [0.717, 1.165) is 5.56 Å². The van der Waals surface area contributed by atoms with E-state index < -0.39 is 6.04 Å². The van der Waals surface area contributed by atoms with Crippen molar-refractivity contribution in [2.24, 2.45) is 5.92 Å². The second kappa shape index (κ2) is 11.8. The van der Waals surface area contributed by atoms with Crippen LogP contribution in [0.4, 0.5) is 0 Å². The maximum absolute atomic E-state index is 13.6. The van der Waals surface area contributed by atoms with Gasteiger partial charge in [0.25, 0.3) is 5.91 Å². The first kappa shape index (κ1) is 26.1. The number of nitrogens with one attached hydrogen (secondary N) is 1. The van der Waals surface area contributed by atoms with Gasteiger partial charge in [-0.25, -0.2) is 0 Å². The molecule has 0 saturated carbocycles. The van der Waals surface area contributed by atoms with Crippen LogP contribution in [0, 0.1) is 5.92 Å². The lowest BCUT2D eigenvalue weighted by molar-refractivity contribution is -0.127. The van der Waals surface area contributed by atoms with Crippen LogP contribution in [0.1, 0.15) is 55.6 Å². The molecule has 1 N–H and O–H groups in total. The SMILES string of the molecule is COc1ccc([C@H]2C/C=C\C[C@@H](C)Oc3ccccc3C(=O)N(C)[C@H](C(C)C)C(=O)N2)c(OC)c1. The highest BCUT2D eigenvalue weighted by Crippen LogP contribution is 2.32. The molecule has 3 atom stereocenters. The van der Waals surface area contributed by atoms with Crippen molar-refractivity contribution in [1.29, 1.82) is 0 Å². The number of nitrogens with zero attached hydrogens (tertiary/aromatic N) is 1. The highest BCUT2D eigenvalue weighted by Gasteiger charge is 2.33. The first-order chi connectivity index (χ1) is 16.8. The van der Waals surface area contributed by atoms with E-state index in [9.17, 15) is 9.59 Å². The molecule has 0 radical (unpaired) electrons. The Bertz CT molecular complexity index is 1070. The number of amides is 2. The van der Waals surface area contributed by atoms with E-state index in [1.165, 1.54) is 4.90 Å². The van der Waals surface area contributed by atoms with Gasteiger partial charge in [-0.3, -0.25) is 9.59 Å². The molecule has 1 heterocycles. The maximum Gasteiger partial charge on any atom is 0.258 e. The predicted octanol–water partition coefficient (Wildman–Crippen LogP) is 4.78. The highest BCUT2D eigenvalue weighted by molar-refractivity contribution is 5.99. The number of ether oxygens (including phenoxy) is 3. The normalized spacial score (nSPS) is 22.5. The number of para-hydroxylation sites is 1. The second-order valence-corrected chi connectivity index (χ2v) is 9.14. The molecular weight excluding hydrogens is 444 g/mol. The monoisotopic (exact) mass is 480 g/mol. The molecule has 0 aromatic heterocycles. The Kier molecular flexibility index (Phi) is 8.79. The molecule has 2 aromatic rings. The Hall–Kier alpha value is -3.48. The summed E-state index contributed by atoms with van der Waals surface area (Å²) in [7, 11) is 4.86. The largest absolute Gasteiger partial charge is 0.497 e. The summed E-state index contributed by atoms with van der Waals surface area (Å²) in [5.74, 6) is 1.22. The molecule has 2 aromatic carbocycles. The fourth-order valence-electron chi connectivity index (χ4n) is 4.40. The molecule has 3 rings (SSSR count). The Labute approximate surface area is 208 Å². The summed E-state index contributed by atoms with van der Waals surface area (Å²) in [4.78, 5) is 28.7. The van der Waals surface area contributed by atoms with Gasteiger partial charge < -0.3 is 24.4 Å². The summed E-state index contributed by atoms with van der Waals surface area (Å²) in [5.41, 5.74) is 1.28. The van der Waals surface area contributed by atoms with Crippen molar-refractivity contribution < 1.29 is 23.8 Å². The molecule has 0 fully saturated rings. The second-order valence-electron chi connectivity index (χ2n) is 9.14. The molecule has 0 bridgehead atoms. The van der Waals surface area contributed by atoms with Gasteiger partial charge in [0.15, 0.2) is 0 Å². The lowest BCUT2D eigenvalue weighted by Gasteiger charge is -2.32. The van der Waals surface area contributed by atoms with Gasteiger partial charge in [-0.2, -0.15) is 0 Å². The number of hydrogen-bond acceptors (Lipinski definition) is 5. The van der Waals surface area contributed by atoms with Gasteiger partial charge in [0.1, 0.15) is 23.3 Å². The Morgan fingerprint density at radius 2 is 1.74 bits per heavy atom. The molecule has 2 amide bonds. The highest BCUT2D eigenvalue weighted by atomic mass is 16.5. The van der Waals surface area contributed by atoms with E-state index >= 15 is 0 Å². The van der Waals surface area contributed by atoms with E-state index in [4.69, 9.17) is 14.2 Å². The topological polar surface area (TPSA) is 77.1 Å². The first-order valence-electron chi connectivity index (χ1n) is 12.0. The number of benzene rings is 2. The zero-order chi connectivity index (χ0) is 25.5. The Balaban J connectivity index is 2.04. The van der Waals surface area contributed by atoms with Crippen LogP contribution < -0.4 is 19.5 Å². The van der Waals surface area contributed by atoms with Crippen LogP contribution in [0.25, 0.3) is 0 Å². The third-order valence-electron chi connectivity index (χ3n) is 6.22. The zero-order valence-electron chi connectivity index (χ0n) is 21.4. The van der Waals surface area contributed by atoms with E-state index in [2.05, 4.69) is 5.32 Å². The molecule has 0 unspecified atom stereocenters. The lowest BCUT2D eigenvalue weighted by Crippen LogP contribution is -2.51. The van der Waals surface area contributed by atoms with Gasteiger partial charge in [0.05, 0.1) is 31.9 Å². The average molecular weight is 481 g/mol. The van der Waals surface area contributed by atoms with Crippen molar-refractivity contribution in [1.82, 2.24) is 10.2 Å². The fourth-order valence-corrected chi connectivity index (χ4v) is 4.40. The summed E-state index contributed by atoms with van der Waals surface area (Å²) < 4.78 is 17.1. The predicted molar refractivity (Wildman–Crippen MR) is 136 cm³/mol. The van der Waals surface area contributed by atoms with Crippen molar-refractivity contribution >= 4 is 11.8 Å². The molecule has 1 aliphatic heterocycles. The van der Waals surface area contributed by atoms with Crippen molar-refractivity contribution in [3.05, 3.63) is 65.7 Å². The molecular formula is C28H36N2O5. The minimum absolute atomic E-state index is 0.113. The lowest BCUT2D eigenvalue weighted by atomic mass is 9.97. The van der Waals surface area contributed by atoms with Gasteiger partial charge in [-0.15, -0.1) is 0 Å². The van der Waals surface area contributed by atoms with Crippen LogP contribution in [0.15, 0.2) is 54.6 Å². The molecule has 7 heteroatoms. The number of likely N-dealkylation sites (N-methyl/N-ethyl adjacent to an activating group) is 1. The van der Waals surface area contributed by atoms with Gasteiger partial charge in [-0.05, 0) is 43.5 Å². The summed E-state index contributed by atoms with van der Waals surface area (Å²) >= 11 is 0. The van der Waals surface area contributed by atoms with E-state index in [1.54, 1.807) is 45.5 Å². The standard InChI is InChI=1S/C28H36N2O5/c1-18(2)26-27(31)29-23(21-16-15-20(33-5)17-25(21)34-6)13-9-7-11-19(3)35-24-14-10-8-12-22(24)28(32)30(26)4/h7-10,12,14-19,23,26H,11,13H2,1-6H3,(H,29,31)/b9-7-/t19-,23-,26-/m1/s1. The Morgan fingerprint density at radius 3 is 2.43 bits per heavy atom. The number of methoxy groups -OCH3 is 2. The van der Waals surface area contributed by atoms with Crippen LogP contribution in [0.5, 0.6) is 17.2 Å². The van der Waals surface area contributed by atoms with Crippen molar-refractivity contribution in [2.45, 2.75) is 51.8 Å². The van der Waals surface area contributed by atoms with Crippen molar-refractivity contribution in [3.63, 3.8) is 0 Å². The molecule has 35 heavy (non-hydrogen) atoms. The fraction of sp³-hybridized carbons (Fsp3) is 0.429. The number of rotatable bonds is 4. The number of hydrogen-bond donors (Lipinski definition) is 1. The van der Waals surface area contributed by atoms with Crippen LogP contribution in [-0.4, -0.2) is 50.1 Å². The smallest absolute Gasteiger partial charge is 0.258 e. The molecule has 0 saturated heterocycles. The molecule has 0 aliphatic carbocycles. The minimum Gasteiger partial charge on any atom is -0.497 e. The van der Waals surface area contributed by atoms with Crippen molar-refractivity contribution in [3.8, 4) is 17.2 Å². The van der Waals surface area contributed by atoms with E-state index in [0.29, 0.717) is 35.7 Å². The van der Waals surface area contributed by atoms with E-state index in [1.807, 2.05) is 51.1 Å². The van der Waals surface area contributed by atoms with Gasteiger partial charge in [0, 0.05) is 25.1 Å². The molecule has 188 valence electrons. The van der Waals surface area contributed by atoms with Crippen LogP contribution >= 0.6 is 0 Å². The maximum atomic E-state index is 13.6. The third kappa shape index (κ3) is 6.15. The quantitative estimate of drug-likeness (QED) is 0.638. The summed E-state index contributed by atoms with van der Waals surface area (Å²) in [6, 6.07) is 11.7. The first-order valence-corrected chi connectivity index (χ1v) is 12.0. The molecule has 1 aliphatic rings. The van der Waals surface area contributed by atoms with Gasteiger partial charge in [-0.1, -0.05) is 38.1 Å². The van der Waals surface area contributed by atoms with Crippen molar-refractivity contribution in [2.75, 3.05) is 21.3 Å². The molecule has 0 spiro atoms. The number of carbonyl (C=O) groups excluding carboxylic acids is 2. The summed E-state index contributed by atoms with van der Waals surface area (Å²) in [6.45, 7) is 5.85. The zero-order valence-corrected chi connectivity index (χ0v) is 21.4. The minimum atomic E-state index is -0.674. The average Bonchev–Trinajstić information content (AvgIpc) is 2.84.